The number of rotatable bonds is 20. The van der Waals surface area contributed by atoms with Crippen LogP contribution in [0.2, 0.25) is 0 Å². The standard InChI is InChI=1S/C20H42N2.C17H25N.C13H21N.C9H13N.C7H9N.C5H5N/c1-5-9-11-19(7-3)17-21-13-15-22(16-14-21)18-20(8-4)12-10-6-2;1-3-8-14(9-4-1)16-12-7-13-17(18-16)15-10-5-2-6-11-15;1-3-5-8-12-10-7-11-13(14-12)9-6-4-2;1-9(2,3)8-4-6-10-7-5-8;1-6-4-3-5-7(2)8-6;1-2-4-6-5-3-1/h19-20H,5-18H2,1-4H3;7,12-15H,1-6,8-11H2;7,10-11H,3-6,8-9H2,1-2H3;4-7H,1-3H3;3-5H,1-2H3;1-5H. The van der Waals surface area contributed by atoms with Crippen LogP contribution in [0.5, 0.6) is 0 Å². The van der Waals surface area contributed by atoms with Crippen molar-refractivity contribution in [3.05, 3.63) is 149 Å². The first-order chi connectivity index (χ1) is 37.9. The van der Waals surface area contributed by atoms with E-state index in [1.165, 1.54) is 209 Å². The van der Waals surface area contributed by atoms with Crippen LogP contribution < -0.4 is 0 Å². The van der Waals surface area contributed by atoms with Gasteiger partial charge in [-0.05, 0) is 162 Å². The molecule has 6 heterocycles. The molecule has 3 fully saturated rings. The van der Waals surface area contributed by atoms with Gasteiger partial charge in [-0.15, -0.1) is 0 Å². The van der Waals surface area contributed by atoms with Gasteiger partial charge in [0.1, 0.15) is 0 Å². The van der Waals surface area contributed by atoms with Gasteiger partial charge >= 0.3 is 0 Å². The maximum absolute atomic E-state index is 5.02. The SMILES string of the molecule is CC(C)(C)c1ccncc1.CCCCC(CC)CN1CCN(CC(CC)CCCC)CC1.CCCCc1cccc(CCCC)n1.Cc1cccc(C)n1.c1cc(C2CCCCC2)nc(C2CCCCC2)c1.c1ccncc1. The van der Waals surface area contributed by atoms with E-state index in [1.54, 1.807) is 12.4 Å². The Hall–Kier alpha value is -4.33. The molecule has 8 rings (SSSR count). The molecule has 434 valence electrons. The second-order valence-electron chi connectivity index (χ2n) is 23.8. The van der Waals surface area contributed by atoms with Crippen molar-refractivity contribution in [3.8, 4) is 0 Å². The highest BCUT2D eigenvalue weighted by Crippen LogP contribution is 2.35. The first kappa shape index (κ1) is 67.9. The van der Waals surface area contributed by atoms with Crippen molar-refractivity contribution < 1.29 is 0 Å². The van der Waals surface area contributed by atoms with Gasteiger partial charge in [-0.25, -0.2) is 0 Å². The lowest BCUT2D eigenvalue weighted by molar-refractivity contribution is 0.100. The van der Waals surface area contributed by atoms with E-state index in [0.29, 0.717) is 0 Å². The molecule has 1 aliphatic heterocycles. The molecule has 2 unspecified atom stereocenters. The van der Waals surface area contributed by atoms with Crippen molar-refractivity contribution in [2.24, 2.45) is 11.8 Å². The van der Waals surface area contributed by atoms with Crippen molar-refractivity contribution in [2.75, 3.05) is 39.3 Å². The molecular formula is C71H115N7. The molecule has 0 radical (unpaired) electrons. The summed E-state index contributed by atoms with van der Waals surface area (Å²) in [6.45, 7) is 32.3. The number of hydrogen-bond acceptors (Lipinski definition) is 7. The van der Waals surface area contributed by atoms with Crippen LogP contribution in [0.3, 0.4) is 0 Å². The minimum Gasteiger partial charge on any atom is -0.301 e. The van der Waals surface area contributed by atoms with Gasteiger partial charge in [-0.2, -0.15) is 0 Å². The number of unbranched alkanes of at least 4 members (excludes halogenated alkanes) is 4. The third-order valence-corrected chi connectivity index (χ3v) is 16.0. The van der Waals surface area contributed by atoms with Crippen molar-refractivity contribution in [1.82, 2.24) is 34.7 Å². The molecule has 0 bridgehead atoms. The minimum absolute atomic E-state index is 0.253. The summed E-state index contributed by atoms with van der Waals surface area (Å²) in [7, 11) is 0. The maximum Gasteiger partial charge on any atom is 0.0437 e. The Morgan fingerprint density at radius 2 is 0.859 bits per heavy atom. The Labute approximate surface area is 480 Å². The highest BCUT2D eigenvalue weighted by molar-refractivity contribution is 5.20. The molecule has 0 aromatic carbocycles. The van der Waals surface area contributed by atoms with Gasteiger partial charge in [0.25, 0.3) is 0 Å². The van der Waals surface area contributed by atoms with Crippen LogP contribution in [0.25, 0.3) is 0 Å². The number of pyridine rings is 5. The first-order valence-corrected chi connectivity index (χ1v) is 31.9. The summed E-state index contributed by atoms with van der Waals surface area (Å²) in [6, 6.07) is 29.0. The third-order valence-electron chi connectivity index (χ3n) is 16.0. The Kier molecular flexibility index (Phi) is 37.1. The van der Waals surface area contributed by atoms with Gasteiger partial charge in [-0.1, -0.05) is 176 Å². The van der Waals surface area contributed by atoms with Gasteiger partial charge in [-0.3, -0.25) is 24.9 Å². The lowest BCUT2D eigenvalue weighted by Crippen LogP contribution is -2.48. The van der Waals surface area contributed by atoms with Crippen molar-refractivity contribution in [1.29, 1.82) is 0 Å². The van der Waals surface area contributed by atoms with Crippen LogP contribution in [-0.4, -0.2) is 74.0 Å². The Morgan fingerprint density at radius 3 is 1.19 bits per heavy atom. The molecule has 3 aliphatic rings. The number of aryl methyl sites for hydroxylation is 4. The molecule has 5 aromatic rings. The lowest BCUT2D eigenvalue weighted by atomic mass is 9.84. The molecule has 2 atom stereocenters. The molecule has 7 heteroatoms. The molecule has 5 aromatic heterocycles. The molecule has 2 saturated carbocycles. The zero-order chi connectivity index (χ0) is 56.5. The summed E-state index contributed by atoms with van der Waals surface area (Å²) in [4.78, 5) is 27.0. The maximum atomic E-state index is 5.02. The first-order valence-electron chi connectivity index (χ1n) is 31.9. The highest BCUT2D eigenvalue weighted by atomic mass is 15.3. The molecule has 0 N–H and O–H groups in total. The summed E-state index contributed by atoms with van der Waals surface area (Å²) in [5.41, 5.74) is 9.07. The van der Waals surface area contributed by atoms with E-state index in [9.17, 15) is 0 Å². The predicted octanol–water partition coefficient (Wildman–Crippen LogP) is 19.1. The van der Waals surface area contributed by atoms with Gasteiger partial charge in [0.15, 0.2) is 0 Å². The van der Waals surface area contributed by atoms with Crippen LogP contribution in [-0.2, 0) is 18.3 Å². The van der Waals surface area contributed by atoms with E-state index in [-0.39, 0.29) is 5.41 Å². The van der Waals surface area contributed by atoms with Crippen LogP contribution in [0.15, 0.2) is 110 Å². The van der Waals surface area contributed by atoms with Gasteiger partial charge in [0.05, 0.1) is 0 Å². The molecule has 7 nitrogen and oxygen atoms in total. The fourth-order valence-electron chi connectivity index (χ4n) is 10.8. The van der Waals surface area contributed by atoms with E-state index in [0.717, 1.165) is 47.9 Å². The lowest BCUT2D eigenvalue weighted by Gasteiger charge is -2.37. The Morgan fingerprint density at radius 1 is 0.449 bits per heavy atom. The average molecular weight is 1070 g/mol. The van der Waals surface area contributed by atoms with Crippen LogP contribution in [0, 0.1) is 25.7 Å². The van der Waals surface area contributed by atoms with Crippen LogP contribution in [0.4, 0.5) is 0 Å². The van der Waals surface area contributed by atoms with Gasteiger partial charge in [0.2, 0.25) is 0 Å². The number of aromatic nitrogens is 5. The van der Waals surface area contributed by atoms with Gasteiger partial charge in [0, 0.05) is 110 Å². The molecule has 2 aliphatic carbocycles. The van der Waals surface area contributed by atoms with Crippen molar-refractivity contribution in [2.45, 2.75) is 248 Å². The zero-order valence-electron chi connectivity index (χ0n) is 52.0. The molecule has 1 saturated heterocycles. The zero-order valence-corrected chi connectivity index (χ0v) is 52.0. The summed E-state index contributed by atoms with van der Waals surface area (Å²) in [5.74, 6) is 3.36. The topological polar surface area (TPSA) is 70.9 Å². The molecule has 78 heavy (non-hydrogen) atoms. The predicted molar refractivity (Wildman–Crippen MR) is 338 cm³/mol. The fraction of sp³-hybridized carbons (Fsp3) is 0.648. The van der Waals surface area contributed by atoms with Gasteiger partial charge < -0.3 is 9.80 Å². The Balaban J connectivity index is 0.000000258. The average Bonchev–Trinajstić information content (AvgIpc) is 3.49. The number of piperazine rings is 1. The second kappa shape index (κ2) is 42.5. The minimum atomic E-state index is 0.253. The van der Waals surface area contributed by atoms with E-state index < -0.39 is 0 Å². The molecular weight excluding hydrogens is 951 g/mol. The van der Waals surface area contributed by atoms with Crippen LogP contribution >= 0.6 is 0 Å². The monoisotopic (exact) mass is 1070 g/mol. The smallest absolute Gasteiger partial charge is 0.0437 e. The molecule has 0 amide bonds. The van der Waals surface area contributed by atoms with E-state index in [4.69, 9.17) is 4.98 Å². The van der Waals surface area contributed by atoms with E-state index >= 15 is 0 Å². The summed E-state index contributed by atoms with van der Waals surface area (Å²) in [6.07, 6.45) is 39.5. The fourth-order valence-corrected chi connectivity index (χ4v) is 10.8. The van der Waals surface area contributed by atoms with Crippen molar-refractivity contribution >= 4 is 0 Å². The summed E-state index contributed by atoms with van der Waals surface area (Å²) in [5, 5.41) is 0. The summed E-state index contributed by atoms with van der Waals surface area (Å²) >= 11 is 0. The normalized spacial score (nSPS) is 15.9. The third kappa shape index (κ3) is 30.9. The quantitative estimate of drug-likeness (QED) is 0.0769. The highest BCUT2D eigenvalue weighted by Gasteiger charge is 2.22. The van der Waals surface area contributed by atoms with Crippen LogP contribution in [0.1, 0.15) is 255 Å². The largest absolute Gasteiger partial charge is 0.301 e. The van der Waals surface area contributed by atoms with E-state index in [2.05, 4.69) is 141 Å². The van der Waals surface area contributed by atoms with E-state index in [1.807, 2.05) is 62.6 Å². The van der Waals surface area contributed by atoms with Crippen molar-refractivity contribution in [3.63, 3.8) is 0 Å². The number of hydrogen-bond donors (Lipinski definition) is 0. The Bertz CT molecular complexity index is 2010. The number of nitrogens with zero attached hydrogens (tertiary/aromatic N) is 7. The summed E-state index contributed by atoms with van der Waals surface area (Å²) < 4.78 is 0. The molecule has 0 spiro atoms. The second-order valence-corrected chi connectivity index (χ2v) is 23.8.